The van der Waals surface area contributed by atoms with E-state index < -0.39 is 0 Å². The van der Waals surface area contributed by atoms with Crippen molar-refractivity contribution in [3.8, 4) is 27.9 Å². The smallest absolute Gasteiger partial charge is 0.0541 e. The van der Waals surface area contributed by atoms with Crippen LogP contribution in [0.1, 0.15) is 25.0 Å². The van der Waals surface area contributed by atoms with Crippen LogP contribution in [-0.2, 0) is 5.41 Å². The molecule has 0 fully saturated rings. The van der Waals surface area contributed by atoms with Gasteiger partial charge in [-0.2, -0.15) is 0 Å². The van der Waals surface area contributed by atoms with E-state index in [4.69, 9.17) is 0 Å². The van der Waals surface area contributed by atoms with Crippen LogP contribution in [0.5, 0.6) is 0 Å². The number of fused-ring (bicyclic) bond motifs is 8. The number of aromatic nitrogens is 1. The minimum Gasteiger partial charge on any atom is -0.309 e. The molecule has 0 spiro atoms. The van der Waals surface area contributed by atoms with Crippen LogP contribution in [0.3, 0.4) is 0 Å². The highest BCUT2D eigenvalue weighted by Gasteiger charge is 2.37. The molecule has 1 aliphatic carbocycles. The van der Waals surface area contributed by atoms with Crippen LogP contribution in [0.4, 0.5) is 0 Å². The fourth-order valence-corrected chi connectivity index (χ4v) is 6.80. The molecular weight excluding hydrogens is 458 g/mol. The maximum Gasteiger partial charge on any atom is 0.0541 e. The average Bonchev–Trinajstić information content (AvgIpc) is 3.42. The van der Waals surface area contributed by atoms with Gasteiger partial charge in [0, 0.05) is 21.9 Å². The van der Waals surface area contributed by atoms with Gasteiger partial charge in [0.05, 0.1) is 11.0 Å². The Labute approximate surface area is 222 Å². The third-order valence-corrected chi connectivity index (χ3v) is 8.56. The van der Waals surface area contributed by atoms with Crippen LogP contribution in [0.25, 0.3) is 60.5 Å². The van der Waals surface area contributed by atoms with Gasteiger partial charge in [0.25, 0.3) is 0 Å². The first-order valence-electron chi connectivity index (χ1n) is 13.4. The molecule has 8 rings (SSSR count). The Hall–Kier alpha value is -4.62. The summed E-state index contributed by atoms with van der Waals surface area (Å²) in [6, 6.07) is 46.8. The van der Waals surface area contributed by atoms with Crippen LogP contribution >= 0.6 is 0 Å². The Bertz CT molecular complexity index is 1990. The van der Waals surface area contributed by atoms with Crippen LogP contribution in [0.15, 0.2) is 127 Å². The first kappa shape index (κ1) is 21.5. The average molecular weight is 486 g/mol. The molecule has 0 atom stereocenters. The van der Waals surface area contributed by atoms with E-state index in [0.29, 0.717) is 0 Å². The zero-order valence-corrected chi connectivity index (χ0v) is 21.6. The van der Waals surface area contributed by atoms with Gasteiger partial charge in [0.15, 0.2) is 0 Å². The Kier molecular flexibility index (Phi) is 4.35. The van der Waals surface area contributed by atoms with E-state index in [-0.39, 0.29) is 5.41 Å². The van der Waals surface area contributed by atoms with Crippen molar-refractivity contribution in [2.24, 2.45) is 0 Å². The Morgan fingerprint density at radius 1 is 0.500 bits per heavy atom. The van der Waals surface area contributed by atoms with Crippen molar-refractivity contribution < 1.29 is 0 Å². The highest BCUT2D eigenvalue weighted by atomic mass is 15.0. The SMILES string of the molecule is CC1(C)c2cc(-c3ccccc3)ccc2-c2ccc3cc(-n4c5ccccc5c5ccccc54)ccc3c21. The number of para-hydroxylation sites is 2. The van der Waals surface area contributed by atoms with Gasteiger partial charge >= 0.3 is 0 Å². The lowest BCUT2D eigenvalue weighted by molar-refractivity contribution is 0.666. The summed E-state index contributed by atoms with van der Waals surface area (Å²) in [6.45, 7) is 4.76. The first-order chi connectivity index (χ1) is 18.6. The maximum absolute atomic E-state index is 2.41. The molecule has 38 heavy (non-hydrogen) atoms. The normalized spacial score (nSPS) is 13.7. The molecule has 1 heterocycles. The molecule has 0 saturated heterocycles. The fraction of sp³-hybridized carbons (Fsp3) is 0.0811. The highest BCUT2D eigenvalue weighted by molar-refractivity contribution is 6.09. The van der Waals surface area contributed by atoms with Crippen molar-refractivity contribution in [2.75, 3.05) is 0 Å². The quantitative estimate of drug-likeness (QED) is 0.230. The van der Waals surface area contributed by atoms with Gasteiger partial charge < -0.3 is 4.57 Å². The number of nitrogens with zero attached hydrogens (tertiary/aromatic N) is 1. The van der Waals surface area contributed by atoms with Crippen molar-refractivity contribution in [1.82, 2.24) is 4.57 Å². The minimum atomic E-state index is -0.0800. The third kappa shape index (κ3) is 2.87. The summed E-state index contributed by atoms with van der Waals surface area (Å²) in [7, 11) is 0. The maximum atomic E-state index is 2.41. The fourth-order valence-electron chi connectivity index (χ4n) is 6.80. The van der Waals surface area contributed by atoms with Crippen molar-refractivity contribution in [2.45, 2.75) is 19.3 Å². The minimum absolute atomic E-state index is 0.0800. The molecule has 6 aromatic carbocycles. The van der Waals surface area contributed by atoms with E-state index in [2.05, 4.69) is 146 Å². The molecule has 1 heteroatoms. The predicted octanol–water partition coefficient (Wildman–Crippen LogP) is 9.91. The summed E-state index contributed by atoms with van der Waals surface area (Å²) < 4.78 is 2.41. The van der Waals surface area contributed by atoms with Gasteiger partial charge in [0.1, 0.15) is 0 Å². The zero-order chi connectivity index (χ0) is 25.4. The lowest BCUT2D eigenvalue weighted by atomic mass is 9.79. The van der Waals surface area contributed by atoms with Crippen LogP contribution in [-0.4, -0.2) is 4.57 Å². The molecular formula is C37H27N. The van der Waals surface area contributed by atoms with E-state index in [1.54, 1.807) is 0 Å². The predicted molar refractivity (Wildman–Crippen MR) is 161 cm³/mol. The molecule has 1 aromatic heterocycles. The van der Waals surface area contributed by atoms with Crippen molar-refractivity contribution >= 4 is 32.6 Å². The van der Waals surface area contributed by atoms with Gasteiger partial charge in [-0.3, -0.25) is 0 Å². The molecule has 0 bridgehead atoms. The van der Waals surface area contributed by atoms with Crippen LogP contribution in [0, 0.1) is 0 Å². The van der Waals surface area contributed by atoms with E-state index in [0.717, 1.165) is 0 Å². The Morgan fingerprint density at radius 3 is 1.89 bits per heavy atom. The molecule has 1 nitrogen and oxygen atoms in total. The third-order valence-electron chi connectivity index (χ3n) is 8.56. The second-order valence-corrected chi connectivity index (χ2v) is 11.0. The second kappa shape index (κ2) is 7.69. The van der Waals surface area contributed by atoms with E-state index >= 15 is 0 Å². The molecule has 7 aromatic rings. The molecule has 0 unspecified atom stereocenters. The molecule has 0 saturated carbocycles. The van der Waals surface area contributed by atoms with E-state index in [9.17, 15) is 0 Å². The zero-order valence-electron chi connectivity index (χ0n) is 21.6. The number of hydrogen-bond acceptors (Lipinski definition) is 0. The topological polar surface area (TPSA) is 4.93 Å². The standard InChI is InChI=1S/C37H27N/c1-37(2)33-23-25(24-10-4-3-5-11-24)16-19-29(33)32-20-17-26-22-27(18-21-28(26)36(32)37)38-34-14-8-6-12-30(34)31-13-7-9-15-35(31)38/h3-23H,1-2H3. The molecule has 0 amide bonds. The van der Waals surface area contributed by atoms with Crippen molar-refractivity contribution in [1.29, 1.82) is 0 Å². The molecule has 0 radical (unpaired) electrons. The Balaban J connectivity index is 1.32. The summed E-state index contributed by atoms with van der Waals surface area (Å²) in [5.41, 5.74) is 11.7. The van der Waals surface area contributed by atoms with Crippen molar-refractivity contribution in [3.05, 3.63) is 139 Å². The van der Waals surface area contributed by atoms with Crippen LogP contribution < -0.4 is 0 Å². The molecule has 0 N–H and O–H groups in total. The van der Waals surface area contributed by atoms with Crippen molar-refractivity contribution in [3.63, 3.8) is 0 Å². The van der Waals surface area contributed by atoms with Gasteiger partial charge in [-0.25, -0.2) is 0 Å². The van der Waals surface area contributed by atoms with Gasteiger partial charge in [0.2, 0.25) is 0 Å². The summed E-state index contributed by atoms with van der Waals surface area (Å²) in [6.07, 6.45) is 0. The summed E-state index contributed by atoms with van der Waals surface area (Å²) in [5, 5.41) is 5.22. The molecule has 180 valence electrons. The van der Waals surface area contributed by atoms with Gasteiger partial charge in [-0.05, 0) is 74.5 Å². The molecule has 0 aliphatic heterocycles. The van der Waals surface area contributed by atoms with E-state index in [1.807, 2.05) is 0 Å². The monoisotopic (exact) mass is 485 g/mol. The van der Waals surface area contributed by atoms with E-state index in [1.165, 1.54) is 71.6 Å². The summed E-state index contributed by atoms with van der Waals surface area (Å²) in [4.78, 5) is 0. The largest absolute Gasteiger partial charge is 0.309 e. The van der Waals surface area contributed by atoms with Crippen LogP contribution in [0.2, 0.25) is 0 Å². The Morgan fingerprint density at radius 2 is 1.16 bits per heavy atom. The van der Waals surface area contributed by atoms with Gasteiger partial charge in [-0.1, -0.05) is 111 Å². The number of hydrogen-bond donors (Lipinski definition) is 0. The lowest BCUT2D eigenvalue weighted by Crippen LogP contribution is -2.15. The summed E-state index contributed by atoms with van der Waals surface area (Å²) >= 11 is 0. The molecule has 1 aliphatic rings. The number of benzene rings is 6. The first-order valence-corrected chi connectivity index (χ1v) is 13.4. The number of rotatable bonds is 2. The van der Waals surface area contributed by atoms with Gasteiger partial charge in [-0.15, -0.1) is 0 Å². The second-order valence-electron chi connectivity index (χ2n) is 11.0. The summed E-state index contributed by atoms with van der Waals surface area (Å²) in [5.74, 6) is 0. The highest BCUT2D eigenvalue weighted by Crippen LogP contribution is 2.52. The lowest BCUT2D eigenvalue weighted by Gasteiger charge is -2.24.